The molecule has 0 aliphatic heterocycles. The van der Waals surface area contributed by atoms with E-state index in [1.54, 1.807) is 23.6 Å². The van der Waals surface area contributed by atoms with Gasteiger partial charge in [-0.15, -0.1) is 0 Å². The van der Waals surface area contributed by atoms with Gasteiger partial charge in [-0.05, 0) is 29.7 Å². The third-order valence-corrected chi connectivity index (χ3v) is 2.90. The molecule has 0 radical (unpaired) electrons. The molecule has 0 fully saturated rings. The average Bonchev–Trinajstić information content (AvgIpc) is 2.82. The molecular weight excluding hydrogens is 232 g/mol. The van der Waals surface area contributed by atoms with Gasteiger partial charge in [0, 0.05) is 6.07 Å². The van der Waals surface area contributed by atoms with Gasteiger partial charge >= 0.3 is 5.97 Å². The van der Waals surface area contributed by atoms with Crippen molar-refractivity contribution in [3.63, 3.8) is 0 Å². The SMILES string of the molecule is COc1ccc2ccc3ncc(C(=O)O)n3c2c1. The van der Waals surface area contributed by atoms with Crippen LogP contribution in [0.3, 0.4) is 0 Å². The Morgan fingerprint density at radius 2 is 2.11 bits per heavy atom. The van der Waals surface area contributed by atoms with Crippen LogP contribution in [0.2, 0.25) is 0 Å². The minimum atomic E-state index is -1.00. The van der Waals surface area contributed by atoms with Crippen LogP contribution in [-0.4, -0.2) is 27.6 Å². The van der Waals surface area contributed by atoms with Crippen LogP contribution in [0.1, 0.15) is 10.5 Å². The number of imidazole rings is 1. The Kier molecular flexibility index (Phi) is 2.19. The summed E-state index contributed by atoms with van der Waals surface area (Å²) < 4.78 is 6.78. The molecule has 90 valence electrons. The van der Waals surface area contributed by atoms with Crippen LogP contribution in [-0.2, 0) is 0 Å². The van der Waals surface area contributed by atoms with Crippen molar-refractivity contribution in [3.8, 4) is 5.75 Å². The number of rotatable bonds is 2. The zero-order valence-electron chi connectivity index (χ0n) is 9.62. The lowest BCUT2D eigenvalue weighted by molar-refractivity contribution is 0.0690. The van der Waals surface area contributed by atoms with Crippen LogP contribution in [0.5, 0.6) is 5.75 Å². The number of ether oxygens (including phenoxy) is 1. The summed E-state index contributed by atoms with van der Waals surface area (Å²) in [5, 5.41) is 10.1. The van der Waals surface area contributed by atoms with Crippen molar-refractivity contribution >= 4 is 22.5 Å². The monoisotopic (exact) mass is 242 g/mol. The topological polar surface area (TPSA) is 63.8 Å². The number of aromatic carboxylic acids is 1. The summed E-state index contributed by atoms with van der Waals surface area (Å²) in [5.74, 6) is -0.321. The van der Waals surface area contributed by atoms with Crippen molar-refractivity contribution in [2.24, 2.45) is 0 Å². The van der Waals surface area contributed by atoms with Crippen LogP contribution >= 0.6 is 0 Å². The fraction of sp³-hybridized carbons (Fsp3) is 0.0769. The number of benzene rings is 1. The Hall–Kier alpha value is -2.56. The molecule has 1 aromatic carbocycles. The molecule has 2 aromatic heterocycles. The second kappa shape index (κ2) is 3.73. The summed E-state index contributed by atoms with van der Waals surface area (Å²) in [5.41, 5.74) is 1.51. The first-order chi connectivity index (χ1) is 8.70. The molecule has 0 amide bonds. The summed E-state index contributed by atoms with van der Waals surface area (Å²) in [4.78, 5) is 15.3. The van der Waals surface area contributed by atoms with E-state index in [9.17, 15) is 4.79 Å². The molecule has 3 aromatic rings. The lowest BCUT2D eigenvalue weighted by Crippen LogP contribution is -2.02. The maximum Gasteiger partial charge on any atom is 0.354 e. The zero-order chi connectivity index (χ0) is 12.7. The van der Waals surface area contributed by atoms with Crippen molar-refractivity contribution in [2.75, 3.05) is 7.11 Å². The molecule has 2 heterocycles. The van der Waals surface area contributed by atoms with E-state index in [4.69, 9.17) is 9.84 Å². The summed E-state index contributed by atoms with van der Waals surface area (Å²) in [6, 6.07) is 9.23. The number of aromatic nitrogens is 2. The Labute approximate surface area is 102 Å². The smallest absolute Gasteiger partial charge is 0.354 e. The van der Waals surface area contributed by atoms with Gasteiger partial charge in [0.2, 0.25) is 0 Å². The Morgan fingerprint density at radius 3 is 2.83 bits per heavy atom. The molecule has 0 aliphatic carbocycles. The third kappa shape index (κ3) is 1.41. The molecule has 1 N–H and O–H groups in total. The standard InChI is InChI=1S/C13H10N2O3/c1-18-9-4-2-8-3-5-12-14-7-11(13(16)17)15(12)10(8)6-9/h2-7H,1H3,(H,16,17). The molecule has 0 bridgehead atoms. The number of hydrogen-bond acceptors (Lipinski definition) is 3. The Bertz CT molecular complexity index is 761. The molecular formula is C13H10N2O3. The molecule has 18 heavy (non-hydrogen) atoms. The van der Waals surface area contributed by atoms with E-state index in [-0.39, 0.29) is 5.69 Å². The molecule has 0 atom stereocenters. The Morgan fingerprint density at radius 1 is 1.33 bits per heavy atom. The highest BCUT2D eigenvalue weighted by atomic mass is 16.5. The first-order valence-electron chi connectivity index (χ1n) is 5.38. The quantitative estimate of drug-likeness (QED) is 0.748. The number of fused-ring (bicyclic) bond motifs is 3. The molecule has 0 aliphatic rings. The number of hydrogen-bond donors (Lipinski definition) is 1. The number of pyridine rings is 1. The van der Waals surface area contributed by atoms with E-state index in [0.717, 1.165) is 10.9 Å². The number of nitrogens with zero attached hydrogens (tertiary/aromatic N) is 2. The number of carbonyl (C=O) groups is 1. The van der Waals surface area contributed by atoms with E-state index >= 15 is 0 Å². The largest absolute Gasteiger partial charge is 0.497 e. The van der Waals surface area contributed by atoms with Crippen molar-refractivity contribution in [2.45, 2.75) is 0 Å². The van der Waals surface area contributed by atoms with Gasteiger partial charge < -0.3 is 9.84 Å². The second-order valence-electron chi connectivity index (χ2n) is 3.90. The van der Waals surface area contributed by atoms with Gasteiger partial charge in [-0.2, -0.15) is 0 Å². The van der Waals surface area contributed by atoms with Crippen molar-refractivity contribution in [1.82, 2.24) is 9.38 Å². The fourth-order valence-corrected chi connectivity index (χ4v) is 2.04. The molecule has 0 unspecified atom stereocenters. The zero-order valence-corrected chi connectivity index (χ0v) is 9.62. The maximum absolute atomic E-state index is 11.2. The van der Waals surface area contributed by atoms with Crippen LogP contribution in [0, 0.1) is 0 Å². The predicted molar refractivity (Wildman–Crippen MR) is 66.2 cm³/mol. The summed E-state index contributed by atoms with van der Waals surface area (Å²) in [7, 11) is 1.58. The Balaban J connectivity index is 2.48. The summed E-state index contributed by atoms with van der Waals surface area (Å²) in [6.07, 6.45) is 1.36. The van der Waals surface area contributed by atoms with Gasteiger partial charge in [0.1, 0.15) is 11.4 Å². The van der Waals surface area contributed by atoms with Crippen molar-refractivity contribution in [1.29, 1.82) is 0 Å². The molecule has 0 saturated heterocycles. The summed E-state index contributed by atoms with van der Waals surface area (Å²) >= 11 is 0. The van der Waals surface area contributed by atoms with E-state index in [1.807, 2.05) is 18.2 Å². The highest BCUT2D eigenvalue weighted by Gasteiger charge is 2.12. The van der Waals surface area contributed by atoms with E-state index < -0.39 is 5.97 Å². The van der Waals surface area contributed by atoms with Crippen LogP contribution in [0.4, 0.5) is 0 Å². The summed E-state index contributed by atoms with van der Waals surface area (Å²) in [6.45, 7) is 0. The minimum Gasteiger partial charge on any atom is -0.497 e. The van der Waals surface area contributed by atoms with Gasteiger partial charge in [-0.3, -0.25) is 4.40 Å². The highest BCUT2D eigenvalue weighted by molar-refractivity contribution is 5.91. The van der Waals surface area contributed by atoms with E-state index in [1.165, 1.54) is 6.20 Å². The fourth-order valence-electron chi connectivity index (χ4n) is 2.04. The first-order valence-corrected chi connectivity index (χ1v) is 5.38. The van der Waals surface area contributed by atoms with Gasteiger partial charge in [0.05, 0.1) is 18.8 Å². The van der Waals surface area contributed by atoms with Crippen LogP contribution in [0.25, 0.3) is 16.6 Å². The normalized spacial score (nSPS) is 10.9. The number of methoxy groups -OCH3 is 1. The van der Waals surface area contributed by atoms with Gasteiger partial charge in [0.25, 0.3) is 0 Å². The van der Waals surface area contributed by atoms with Crippen LogP contribution < -0.4 is 4.74 Å². The predicted octanol–water partition coefficient (Wildman–Crippen LogP) is 2.19. The highest BCUT2D eigenvalue weighted by Crippen LogP contribution is 2.23. The number of carboxylic acid groups (broad SMARTS) is 1. The van der Waals surface area contributed by atoms with Crippen molar-refractivity contribution in [3.05, 3.63) is 42.2 Å². The second-order valence-corrected chi connectivity index (χ2v) is 3.90. The van der Waals surface area contributed by atoms with E-state index in [2.05, 4.69) is 4.98 Å². The minimum absolute atomic E-state index is 0.142. The maximum atomic E-state index is 11.2. The van der Waals surface area contributed by atoms with Gasteiger partial charge in [0.15, 0.2) is 5.69 Å². The van der Waals surface area contributed by atoms with Crippen molar-refractivity contribution < 1.29 is 14.6 Å². The molecule has 0 saturated carbocycles. The van der Waals surface area contributed by atoms with E-state index in [0.29, 0.717) is 11.4 Å². The lowest BCUT2D eigenvalue weighted by Gasteiger charge is -2.06. The molecule has 3 rings (SSSR count). The lowest BCUT2D eigenvalue weighted by atomic mass is 10.2. The van der Waals surface area contributed by atoms with Crippen LogP contribution in [0.15, 0.2) is 36.5 Å². The number of carboxylic acids is 1. The third-order valence-electron chi connectivity index (χ3n) is 2.90. The van der Waals surface area contributed by atoms with Gasteiger partial charge in [-0.1, -0.05) is 0 Å². The average molecular weight is 242 g/mol. The first kappa shape index (κ1) is 10.6. The molecule has 5 heteroatoms. The van der Waals surface area contributed by atoms with Gasteiger partial charge in [-0.25, -0.2) is 9.78 Å². The molecule has 5 nitrogen and oxygen atoms in total. The molecule has 0 spiro atoms.